The molecule has 0 saturated heterocycles. The number of hydrazone groups is 1. The van der Waals surface area contributed by atoms with Gasteiger partial charge in [-0.2, -0.15) is 10.2 Å². The first-order chi connectivity index (χ1) is 13.5. The number of carbonyl (C=O) groups is 1. The minimum absolute atomic E-state index is 0.146. The Balaban J connectivity index is 1.64. The third kappa shape index (κ3) is 4.71. The summed E-state index contributed by atoms with van der Waals surface area (Å²) in [6.07, 6.45) is 1.45. The molecule has 2 aromatic carbocycles. The van der Waals surface area contributed by atoms with Crippen molar-refractivity contribution >= 4 is 35.3 Å². The van der Waals surface area contributed by atoms with Crippen LogP contribution in [0, 0.1) is 13.8 Å². The molecule has 0 bridgehead atoms. The van der Waals surface area contributed by atoms with Gasteiger partial charge >= 0.3 is 0 Å². The fraction of sp³-hybridized carbons (Fsp3) is 0.150. The maximum atomic E-state index is 11.9. The fourth-order valence-electron chi connectivity index (χ4n) is 2.50. The topological polar surface area (TPSA) is 68.5 Å². The van der Waals surface area contributed by atoms with Crippen molar-refractivity contribution in [3.05, 3.63) is 75.5 Å². The maximum absolute atomic E-state index is 11.9. The second-order valence-electron chi connectivity index (χ2n) is 6.05. The summed E-state index contributed by atoms with van der Waals surface area (Å²) >= 11 is 12.6. The van der Waals surface area contributed by atoms with E-state index in [-0.39, 0.29) is 12.5 Å². The molecule has 144 valence electrons. The number of ether oxygens (including phenoxy) is 1. The Kier molecular flexibility index (Phi) is 6.34. The van der Waals surface area contributed by atoms with E-state index in [0.29, 0.717) is 32.9 Å². The van der Waals surface area contributed by atoms with E-state index in [2.05, 4.69) is 15.6 Å². The number of halogens is 2. The predicted octanol–water partition coefficient (Wildman–Crippen LogP) is 4.33. The number of benzene rings is 2. The van der Waals surface area contributed by atoms with Crippen LogP contribution in [0.2, 0.25) is 10.2 Å². The zero-order chi connectivity index (χ0) is 20.1. The van der Waals surface area contributed by atoms with Crippen molar-refractivity contribution in [1.82, 2.24) is 15.2 Å². The van der Waals surface area contributed by atoms with Crippen LogP contribution in [0.3, 0.4) is 0 Å². The molecule has 0 fully saturated rings. The van der Waals surface area contributed by atoms with Crippen LogP contribution in [0.4, 0.5) is 0 Å². The highest BCUT2D eigenvalue weighted by Crippen LogP contribution is 2.26. The monoisotopic (exact) mass is 416 g/mol. The van der Waals surface area contributed by atoms with Gasteiger partial charge in [0.2, 0.25) is 0 Å². The highest BCUT2D eigenvalue weighted by atomic mass is 35.5. The second kappa shape index (κ2) is 8.91. The van der Waals surface area contributed by atoms with E-state index in [1.165, 1.54) is 10.9 Å². The van der Waals surface area contributed by atoms with Crippen LogP contribution >= 0.6 is 23.2 Å². The summed E-state index contributed by atoms with van der Waals surface area (Å²) < 4.78 is 6.96. The van der Waals surface area contributed by atoms with Crippen LogP contribution in [0.25, 0.3) is 5.69 Å². The van der Waals surface area contributed by atoms with Gasteiger partial charge in [-0.25, -0.2) is 10.1 Å². The Morgan fingerprint density at radius 2 is 2.00 bits per heavy atom. The number of carbonyl (C=O) groups excluding carboxylic acids is 1. The lowest BCUT2D eigenvalue weighted by Crippen LogP contribution is -2.24. The molecule has 3 rings (SSSR count). The quantitative estimate of drug-likeness (QED) is 0.480. The molecule has 0 aliphatic heterocycles. The van der Waals surface area contributed by atoms with Crippen LogP contribution in [-0.4, -0.2) is 28.5 Å². The van der Waals surface area contributed by atoms with Crippen molar-refractivity contribution in [2.75, 3.05) is 6.61 Å². The van der Waals surface area contributed by atoms with Gasteiger partial charge in [-0.05, 0) is 43.7 Å². The minimum Gasteiger partial charge on any atom is -0.484 e. The van der Waals surface area contributed by atoms with Gasteiger partial charge in [-0.3, -0.25) is 4.79 Å². The molecule has 0 aliphatic carbocycles. The first kappa shape index (κ1) is 19.9. The number of amides is 1. The molecule has 0 saturated carbocycles. The fourth-order valence-corrected chi connectivity index (χ4v) is 3.03. The van der Waals surface area contributed by atoms with Crippen molar-refractivity contribution in [3.8, 4) is 11.4 Å². The molecule has 0 spiro atoms. The Bertz CT molecular complexity index is 1030. The molecule has 1 amide bonds. The largest absolute Gasteiger partial charge is 0.484 e. The summed E-state index contributed by atoms with van der Waals surface area (Å²) in [4.78, 5) is 11.9. The molecular weight excluding hydrogens is 399 g/mol. The van der Waals surface area contributed by atoms with Crippen molar-refractivity contribution in [3.63, 3.8) is 0 Å². The lowest BCUT2D eigenvalue weighted by atomic mass is 10.2. The lowest BCUT2D eigenvalue weighted by molar-refractivity contribution is -0.123. The van der Waals surface area contributed by atoms with Crippen molar-refractivity contribution in [1.29, 1.82) is 0 Å². The number of para-hydroxylation sites is 1. The number of aromatic nitrogens is 2. The van der Waals surface area contributed by atoms with Gasteiger partial charge in [0, 0.05) is 0 Å². The number of rotatable bonds is 6. The Labute approximate surface area is 172 Å². The predicted molar refractivity (Wildman–Crippen MR) is 111 cm³/mol. The van der Waals surface area contributed by atoms with E-state index in [4.69, 9.17) is 27.9 Å². The molecule has 0 radical (unpaired) electrons. The lowest BCUT2D eigenvalue weighted by Gasteiger charge is -2.05. The molecule has 8 heteroatoms. The highest BCUT2D eigenvalue weighted by Gasteiger charge is 2.15. The highest BCUT2D eigenvalue weighted by molar-refractivity contribution is 6.34. The van der Waals surface area contributed by atoms with E-state index in [1.807, 2.05) is 43.3 Å². The number of nitrogens with one attached hydrogen (secondary N) is 1. The zero-order valence-electron chi connectivity index (χ0n) is 15.3. The van der Waals surface area contributed by atoms with Crippen molar-refractivity contribution in [2.45, 2.75) is 13.8 Å². The normalized spacial score (nSPS) is 11.0. The molecule has 0 aliphatic rings. The van der Waals surface area contributed by atoms with Gasteiger partial charge in [-0.15, -0.1) is 0 Å². The number of aryl methyl sites for hydroxylation is 2. The van der Waals surface area contributed by atoms with E-state index < -0.39 is 0 Å². The minimum atomic E-state index is -0.384. The summed E-state index contributed by atoms with van der Waals surface area (Å²) in [5, 5.41) is 9.21. The second-order valence-corrected chi connectivity index (χ2v) is 6.82. The summed E-state index contributed by atoms with van der Waals surface area (Å²) in [6, 6.07) is 14.7. The van der Waals surface area contributed by atoms with Crippen LogP contribution in [-0.2, 0) is 4.79 Å². The van der Waals surface area contributed by atoms with Crippen LogP contribution in [0.5, 0.6) is 5.75 Å². The smallest absolute Gasteiger partial charge is 0.277 e. The van der Waals surface area contributed by atoms with Gasteiger partial charge in [0.05, 0.1) is 28.2 Å². The summed E-state index contributed by atoms with van der Waals surface area (Å²) in [5.41, 5.74) is 5.36. The molecule has 0 atom stereocenters. The van der Waals surface area contributed by atoms with Gasteiger partial charge < -0.3 is 4.74 Å². The average Bonchev–Trinajstić information content (AvgIpc) is 2.95. The van der Waals surface area contributed by atoms with Crippen LogP contribution in [0.15, 0.2) is 53.6 Å². The van der Waals surface area contributed by atoms with Crippen LogP contribution in [0.1, 0.15) is 16.8 Å². The van der Waals surface area contributed by atoms with E-state index in [9.17, 15) is 4.79 Å². The molecular formula is C20H18Cl2N4O2. The molecule has 1 heterocycles. The van der Waals surface area contributed by atoms with E-state index in [1.54, 1.807) is 19.1 Å². The SMILES string of the molecule is Cc1cccc(OCC(=O)N/N=C\c2c(C)nn(-c3ccccc3Cl)c2Cl)c1. The Morgan fingerprint density at radius 3 is 2.75 bits per heavy atom. The molecule has 1 aromatic heterocycles. The maximum Gasteiger partial charge on any atom is 0.277 e. The molecule has 28 heavy (non-hydrogen) atoms. The Hall–Kier alpha value is -2.83. The first-order valence-corrected chi connectivity index (χ1v) is 9.22. The van der Waals surface area contributed by atoms with E-state index in [0.717, 1.165) is 5.56 Å². The van der Waals surface area contributed by atoms with Gasteiger partial charge in [0.15, 0.2) is 6.61 Å². The number of hydrogen-bond donors (Lipinski definition) is 1. The third-order valence-electron chi connectivity index (χ3n) is 3.87. The van der Waals surface area contributed by atoms with Crippen molar-refractivity contribution in [2.24, 2.45) is 5.10 Å². The van der Waals surface area contributed by atoms with Gasteiger partial charge in [0.1, 0.15) is 10.9 Å². The number of hydrogen-bond acceptors (Lipinski definition) is 4. The molecule has 3 aromatic rings. The van der Waals surface area contributed by atoms with Crippen LogP contribution < -0.4 is 10.2 Å². The Morgan fingerprint density at radius 1 is 1.21 bits per heavy atom. The van der Waals surface area contributed by atoms with Gasteiger partial charge in [-0.1, -0.05) is 47.5 Å². The molecule has 0 unspecified atom stereocenters. The van der Waals surface area contributed by atoms with Crippen molar-refractivity contribution < 1.29 is 9.53 Å². The first-order valence-electron chi connectivity index (χ1n) is 8.47. The van der Waals surface area contributed by atoms with E-state index >= 15 is 0 Å². The third-order valence-corrected chi connectivity index (χ3v) is 4.55. The standard InChI is InChI=1S/C20H18Cl2N4O2/c1-13-6-5-7-15(10-13)28-12-19(27)24-23-11-16-14(2)25-26(20(16)22)18-9-4-3-8-17(18)21/h3-11H,12H2,1-2H3,(H,24,27)/b23-11-. The summed E-state index contributed by atoms with van der Waals surface area (Å²) in [5.74, 6) is 0.240. The average molecular weight is 417 g/mol. The summed E-state index contributed by atoms with van der Waals surface area (Å²) in [7, 11) is 0. The van der Waals surface area contributed by atoms with Gasteiger partial charge in [0.25, 0.3) is 5.91 Å². The zero-order valence-corrected chi connectivity index (χ0v) is 16.8. The summed E-state index contributed by atoms with van der Waals surface area (Å²) in [6.45, 7) is 3.60. The number of nitrogens with zero attached hydrogens (tertiary/aromatic N) is 3. The molecule has 1 N–H and O–H groups in total. The molecule has 6 nitrogen and oxygen atoms in total.